The molecule has 3 rings (SSSR count). The maximum Gasteiger partial charge on any atom is 0.276 e. The smallest absolute Gasteiger partial charge is 0.276 e. The lowest BCUT2D eigenvalue weighted by atomic mass is 10.1. The third-order valence-electron chi connectivity index (χ3n) is 4.56. The van der Waals surface area contributed by atoms with E-state index in [9.17, 15) is 4.79 Å². The van der Waals surface area contributed by atoms with Crippen molar-refractivity contribution >= 4 is 11.6 Å². The molecule has 2 N–H and O–H groups in total. The number of para-hydroxylation sites is 1. The molecule has 6 nitrogen and oxygen atoms in total. The predicted molar refractivity (Wildman–Crippen MR) is 123 cm³/mol. The Labute approximate surface area is 188 Å². The van der Waals surface area contributed by atoms with Crippen molar-refractivity contribution in [3.05, 3.63) is 95.3 Å². The normalized spacial score (nSPS) is 9.84. The van der Waals surface area contributed by atoms with E-state index in [4.69, 9.17) is 10.1 Å². The van der Waals surface area contributed by atoms with Crippen LogP contribution in [0.4, 0.5) is 5.69 Å². The molecule has 0 saturated heterocycles. The van der Waals surface area contributed by atoms with Crippen molar-refractivity contribution in [1.29, 1.82) is 5.26 Å². The number of nitrogens with zero attached hydrogens (tertiary/aromatic N) is 2. The topological polar surface area (TPSA) is 87.0 Å². The molecule has 0 unspecified atom stereocenters. The highest BCUT2D eigenvalue weighted by molar-refractivity contribution is 5.99. The Morgan fingerprint density at radius 1 is 1.00 bits per heavy atom. The predicted octanol–water partition coefficient (Wildman–Crippen LogP) is 4.60. The molecule has 0 aliphatic carbocycles. The van der Waals surface area contributed by atoms with Gasteiger partial charge in [0.05, 0.1) is 18.2 Å². The monoisotopic (exact) mass is 424 g/mol. The van der Waals surface area contributed by atoms with Crippen molar-refractivity contribution in [3.63, 3.8) is 0 Å². The first-order valence-electron chi connectivity index (χ1n) is 10.3. The first-order chi connectivity index (χ1) is 15.8. The zero-order chi connectivity index (χ0) is 22.4. The zero-order valence-electron chi connectivity index (χ0n) is 17.7. The summed E-state index contributed by atoms with van der Waals surface area (Å²) < 4.78 is 0. The van der Waals surface area contributed by atoms with Gasteiger partial charge in [-0.05, 0) is 53.9 Å². The van der Waals surface area contributed by atoms with E-state index in [0.717, 1.165) is 28.8 Å². The molecule has 160 valence electrons. The van der Waals surface area contributed by atoms with E-state index in [1.54, 1.807) is 18.5 Å². The summed E-state index contributed by atoms with van der Waals surface area (Å²) >= 11 is 0. The lowest BCUT2D eigenvalue weighted by Crippen LogP contribution is -2.24. The van der Waals surface area contributed by atoms with Gasteiger partial charge in [0.25, 0.3) is 5.91 Å². The van der Waals surface area contributed by atoms with Gasteiger partial charge in [-0.2, -0.15) is 5.26 Å². The largest absolute Gasteiger partial charge is 0.380 e. The second-order valence-electron chi connectivity index (χ2n) is 6.99. The highest BCUT2D eigenvalue weighted by Crippen LogP contribution is 2.16. The van der Waals surface area contributed by atoms with E-state index in [0.29, 0.717) is 24.9 Å². The number of nitrogens with one attached hydrogen (secondary N) is 2. The van der Waals surface area contributed by atoms with Crippen LogP contribution in [-0.2, 0) is 18.0 Å². The van der Waals surface area contributed by atoms with Crippen molar-refractivity contribution in [3.8, 4) is 17.9 Å². The molecule has 1 aromatic heterocycles. The van der Waals surface area contributed by atoms with E-state index in [-0.39, 0.29) is 12.5 Å². The lowest BCUT2D eigenvalue weighted by molar-refractivity contribution is 0.0234. The third-order valence-corrected chi connectivity index (χ3v) is 4.56. The van der Waals surface area contributed by atoms with Gasteiger partial charge in [-0.25, -0.2) is 5.48 Å². The maximum absolute atomic E-state index is 12.6. The Hall–Kier alpha value is -4.13. The fourth-order valence-electron chi connectivity index (χ4n) is 2.93. The van der Waals surface area contributed by atoms with E-state index in [1.165, 1.54) is 0 Å². The minimum atomic E-state index is -0.323. The van der Waals surface area contributed by atoms with Crippen LogP contribution in [0.2, 0.25) is 0 Å². The molecule has 0 fully saturated rings. The minimum absolute atomic E-state index is 0.225. The first-order valence-corrected chi connectivity index (χ1v) is 10.3. The fraction of sp³-hybridized carbons (Fsp3) is 0.192. The summed E-state index contributed by atoms with van der Waals surface area (Å²) in [5.41, 5.74) is 6.58. The van der Waals surface area contributed by atoms with Gasteiger partial charge in [0, 0.05) is 43.0 Å². The van der Waals surface area contributed by atoms with Crippen LogP contribution in [-0.4, -0.2) is 10.9 Å². The standard InChI is InChI=1S/C26H24N4O2/c27-15-6-2-1-3-8-21-9-7-10-23(18-21)20-32-30-26(31)24-11-4-5-12-25(24)29-19-22-13-16-28-17-14-22/h4-5,7,9-14,16-18,29H,1-2,6,19-20H2,(H,30,31). The van der Waals surface area contributed by atoms with Gasteiger partial charge in [0.1, 0.15) is 0 Å². The number of rotatable bonds is 9. The van der Waals surface area contributed by atoms with Gasteiger partial charge in [-0.15, -0.1) is 0 Å². The highest BCUT2D eigenvalue weighted by Gasteiger charge is 2.11. The molecule has 0 radical (unpaired) electrons. The number of carbonyl (C=O) groups excluding carboxylic acids is 1. The molecule has 2 aromatic carbocycles. The molecular weight excluding hydrogens is 400 g/mol. The summed E-state index contributed by atoms with van der Waals surface area (Å²) in [5, 5.41) is 11.8. The van der Waals surface area contributed by atoms with E-state index < -0.39 is 0 Å². The van der Waals surface area contributed by atoms with Gasteiger partial charge >= 0.3 is 0 Å². The van der Waals surface area contributed by atoms with Gasteiger partial charge in [-0.1, -0.05) is 36.1 Å². The summed E-state index contributed by atoms with van der Waals surface area (Å²) in [4.78, 5) is 22.1. The Bertz CT molecular complexity index is 1130. The number of carbonyl (C=O) groups is 1. The first kappa shape index (κ1) is 22.6. The molecule has 3 aromatic rings. The van der Waals surface area contributed by atoms with E-state index >= 15 is 0 Å². The molecule has 0 atom stereocenters. The number of hydrogen-bond donors (Lipinski definition) is 2. The summed E-state index contributed by atoms with van der Waals surface area (Å²) in [5.74, 6) is 5.83. The molecule has 32 heavy (non-hydrogen) atoms. The SMILES string of the molecule is N#CCCCC#Cc1cccc(CONC(=O)c2ccccc2NCc2ccncc2)c1. The zero-order valence-corrected chi connectivity index (χ0v) is 17.7. The molecule has 0 saturated carbocycles. The number of pyridine rings is 1. The highest BCUT2D eigenvalue weighted by atomic mass is 16.6. The number of benzene rings is 2. The Balaban J connectivity index is 1.52. The minimum Gasteiger partial charge on any atom is -0.380 e. The Kier molecular flexibility index (Phi) is 8.84. The molecule has 0 spiro atoms. The number of hydroxylamine groups is 1. The molecule has 0 bridgehead atoms. The number of anilines is 1. The molecule has 0 aliphatic rings. The van der Waals surface area contributed by atoms with Crippen LogP contribution in [0.1, 0.15) is 46.3 Å². The number of nitriles is 1. The number of hydrogen-bond acceptors (Lipinski definition) is 5. The van der Waals surface area contributed by atoms with Gasteiger partial charge in [-0.3, -0.25) is 14.6 Å². The van der Waals surface area contributed by atoms with Crippen LogP contribution in [0, 0.1) is 23.2 Å². The van der Waals surface area contributed by atoms with Crippen molar-refractivity contribution < 1.29 is 9.63 Å². The summed E-state index contributed by atoms with van der Waals surface area (Å²) in [6.45, 7) is 0.806. The van der Waals surface area contributed by atoms with Crippen molar-refractivity contribution in [2.24, 2.45) is 0 Å². The molecule has 1 heterocycles. The van der Waals surface area contributed by atoms with Crippen LogP contribution in [0.15, 0.2) is 73.1 Å². The second kappa shape index (κ2) is 12.5. The van der Waals surface area contributed by atoms with Gasteiger partial charge < -0.3 is 5.32 Å². The lowest BCUT2D eigenvalue weighted by Gasteiger charge is -2.12. The molecular formula is C26H24N4O2. The number of unbranched alkanes of at least 4 members (excludes halogenated alkanes) is 2. The summed E-state index contributed by atoms with van der Waals surface area (Å²) in [6, 6.07) is 20.9. The summed E-state index contributed by atoms with van der Waals surface area (Å²) in [6.07, 6.45) is 5.46. The molecule has 6 heteroatoms. The maximum atomic E-state index is 12.6. The van der Waals surface area contributed by atoms with E-state index in [1.807, 2.05) is 54.6 Å². The van der Waals surface area contributed by atoms with Crippen molar-refractivity contribution in [2.45, 2.75) is 32.4 Å². The van der Waals surface area contributed by atoms with Gasteiger partial charge in [0.2, 0.25) is 0 Å². The van der Waals surface area contributed by atoms with Crippen LogP contribution in [0.25, 0.3) is 0 Å². The van der Waals surface area contributed by atoms with Crippen molar-refractivity contribution in [2.75, 3.05) is 5.32 Å². The van der Waals surface area contributed by atoms with Crippen LogP contribution >= 0.6 is 0 Å². The average molecular weight is 425 g/mol. The average Bonchev–Trinajstić information content (AvgIpc) is 2.84. The van der Waals surface area contributed by atoms with Crippen molar-refractivity contribution in [1.82, 2.24) is 10.5 Å². The molecule has 1 amide bonds. The fourth-order valence-corrected chi connectivity index (χ4v) is 2.93. The van der Waals surface area contributed by atoms with Crippen LogP contribution < -0.4 is 10.8 Å². The van der Waals surface area contributed by atoms with Gasteiger partial charge in [0.15, 0.2) is 0 Å². The Morgan fingerprint density at radius 3 is 2.69 bits per heavy atom. The summed E-state index contributed by atoms with van der Waals surface area (Å²) in [7, 11) is 0. The quantitative estimate of drug-likeness (QED) is 0.298. The molecule has 0 aliphatic heterocycles. The van der Waals surface area contributed by atoms with E-state index in [2.05, 4.69) is 33.7 Å². The van der Waals surface area contributed by atoms with Crippen LogP contribution in [0.3, 0.4) is 0 Å². The Morgan fingerprint density at radius 2 is 1.84 bits per heavy atom. The number of aromatic nitrogens is 1. The third kappa shape index (κ3) is 7.28. The second-order valence-corrected chi connectivity index (χ2v) is 6.99. The number of amides is 1. The van der Waals surface area contributed by atoms with Crippen LogP contribution in [0.5, 0.6) is 0 Å².